The van der Waals surface area contributed by atoms with Crippen molar-refractivity contribution < 1.29 is 28.3 Å². The number of hydrogen-bond acceptors (Lipinski definition) is 7. The number of carbonyl (C=O) groups is 1. The molecular formula is C17H14FNO6S. The number of ether oxygens (including phenoxy) is 3. The lowest BCUT2D eigenvalue weighted by molar-refractivity contribution is -0.385. The summed E-state index contributed by atoms with van der Waals surface area (Å²) in [7, 11) is 0. The van der Waals surface area contributed by atoms with Crippen molar-refractivity contribution in [2.24, 2.45) is 0 Å². The van der Waals surface area contributed by atoms with Gasteiger partial charge in [0.15, 0.2) is 6.79 Å². The number of nitro benzene ring substituents is 1. The molecule has 0 spiro atoms. The Morgan fingerprint density at radius 1 is 1.35 bits per heavy atom. The third kappa shape index (κ3) is 4.30. The highest BCUT2D eigenvalue weighted by Gasteiger charge is 2.21. The smallest absolute Gasteiger partial charge is 0.316 e. The van der Waals surface area contributed by atoms with Crippen LogP contribution in [0.5, 0.6) is 5.75 Å². The second-order valence-electron chi connectivity index (χ2n) is 5.34. The van der Waals surface area contributed by atoms with Crippen LogP contribution in [0.15, 0.2) is 41.3 Å². The van der Waals surface area contributed by atoms with Crippen LogP contribution in [-0.4, -0.2) is 23.4 Å². The summed E-state index contributed by atoms with van der Waals surface area (Å²) >= 11 is 1.02. The fourth-order valence-corrected chi connectivity index (χ4v) is 3.13. The van der Waals surface area contributed by atoms with Crippen LogP contribution in [0.2, 0.25) is 0 Å². The monoisotopic (exact) mass is 379 g/mol. The fourth-order valence-electron chi connectivity index (χ4n) is 2.39. The normalized spacial score (nSPS) is 12.8. The van der Waals surface area contributed by atoms with Gasteiger partial charge in [0.1, 0.15) is 18.2 Å². The highest BCUT2D eigenvalue weighted by Crippen LogP contribution is 2.33. The van der Waals surface area contributed by atoms with Crippen molar-refractivity contribution in [3.8, 4) is 5.75 Å². The number of nitro groups is 1. The van der Waals surface area contributed by atoms with Gasteiger partial charge in [-0.3, -0.25) is 14.9 Å². The first-order chi connectivity index (χ1) is 12.5. The number of non-ortho nitro benzene ring substituents is 1. The molecule has 0 atom stereocenters. The Bertz CT molecular complexity index is 844. The van der Waals surface area contributed by atoms with E-state index in [0.29, 0.717) is 21.8 Å². The van der Waals surface area contributed by atoms with E-state index in [9.17, 15) is 19.3 Å². The number of halogens is 1. The molecule has 0 unspecified atom stereocenters. The second kappa shape index (κ2) is 8.15. The van der Waals surface area contributed by atoms with E-state index in [-0.39, 0.29) is 31.4 Å². The lowest BCUT2D eigenvalue weighted by atomic mass is 10.1. The Kier molecular flexibility index (Phi) is 5.69. The highest BCUT2D eigenvalue weighted by molar-refractivity contribution is 8.00. The van der Waals surface area contributed by atoms with Gasteiger partial charge in [-0.1, -0.05) is 12.1 Å². The number of thioether (sulfide) groups is 1. The SMILES string of the molecule is O=C(CSc1ccccc1F)OCc1cc([N+](=O)[O-])cc2c1OCOC2. The quantitative estimate of drug-likeness (QED) is 0.329. The lowest BCUT2D eigenvalue weighted by Gasteiger charge is -2.20. The molecule has 136 valence electrons. The molecule has 1 heterocycles. The summed E-state index contributed by atoms with van der Waals surface area (Å²) in [6, 6.07) is 8.79. The molecular weight excluding hydrogens is 365 g/mol. The van der Waals surface area contributed by atoms with E-state index < -0.39 is 16.7 Å². The summed E-state index contributed by atoms with van der Waals surface area (Å²) in [5.74, 6) is -0.629. The third-order valence-electron chi connectivity index (χ3n) is 3.55. The second-order valence-corrected chi connectivity index (χ2v) is 6.36. The number of carbonyl (C=O) groups excluding carboxylic acids is 1. The summed E-state index contributed by atoms with van der Waals surface area (Å²) < 4.78 is 29.2. The molecule has 0 amide bonds. The first kappa shape index (κ1) is 18.2. The Labute approximate surface area is 152 Å². The van der Waals surface area contributed by atoms with Crippen LogP contribution in [0, 0.1) is 15.9 Å². The van der Waals surface area contributed by atoms with Crippen LogP contribution in [0.1, 0.15) is 11.1 Å². The van der Waals surface area contributed by atoms with E-state index in [4.69, 9.17) is 14.2 Å². The molecule has 0 bridgehead atoms. The predicted molar refractivity (Wildman–Crippen MR) is 90.3 cm³/mol. The van der Waals surface area contributed by atoms with Crippen molar-refractivity contribution in [1.29, 1.82) is 0 Å². The zero-order valence-corrected chi connectivity index (χ0v) is 14.3. The number of rotatable bonds is 6. The van der Waals surface area contributed by atoms with Crippen LogP contribution in [-0.2, 0) is 27.5 Å². The molecule has 0 saturated carbocycles. The Balaban J connectivity index is 1.65. The summed E-state index contributed by atoms with van der Waals surface area (Å²) in [5, 5.41) is 11.0. The van der Waals surface area contributed by atoms with E-state index in [1.807, 2.05) is 0 Å². The average molecular weight is 379 g/mol. The molecule has 0 aliphatic carbocycles. The summed E-state index contributed by atoms with van der Waals surface area (Å²) in [5.41, 5.74) is 0.781. The Hall–Kier alpha value is -2.65. The van der Waals surface area contributed by atoms with E-state index in [1.165, 1.54) is 18.2 Å². The Morgan fingerprint density at radius 3 is 2.92 bits per heavy atom. The number of esters is 1. The van der Waals surface area contributed by atoms with Gasteiger partial charge >= 0.3 is 5.97 Å². The summed E-state index contributed by atoms with van der Waals surface area (Å²) in [4.78, 5) is 22.8. The van der Waals surface area contributed by atoms with Gasteiger partial charge in [-0.15, -0.1) is 11.8 Å². The minimum Gasteiger partial charge on any atom is -0.467 e. The first-order valence-corrected chi connectivity index (χ1v) is 8.57. The van der Waals surface area contributed by atoms with Gasteiger partial charge in [0.25, 0.3) is 5.69 Å². The third-order valence-corrected chi connectivity index (χ3v) is 4.58. The van der Waals surface area contributed by atoms with Crippen molar-refractivity contribution in [3.05, 3.63) is 63.5 Å². The fraction of sp³-hybridized carbons (Fsp3) is 0.235. The van der Waals surface area contributed by atoms with Gasteiger partial charge in [0.05, 0.1) is 17.3 Å². The van der Waals surface area contributed by atoms with Crippen LogP contribution in [0.4, 0.5) is 10.1 Å². The average Bonchev–Trinajstić information content (AvgIpc) is 2.65. The number of fused-ring (bicyclic) bond motifs is 1. The molecule has 0 radical (unpaired) electrons. The van der Waals surface area contributed by atoms with Crippen molar-refractivity contribution >= 4 is 23.4 Å². The Morgan fingerprint density at radius 2 is 2.15 bits per heavy atom. The van der Waals surface area contributed by atoms with Gasteiger partial charge in [0.2, 0.25) is 0 Å². The molecule has 2 aromatic rings. The van der Waals surface area contributed by atoms with Crippen LogP contribution < -0.4 is 4.74 Å². The minimum absolute atomic E-state index is 0.0227. The molecule has 0 aromatic heterocycles. The maximum Gasteiger partial charge on any atom is 0.316 e. The largest absolute Gasteiger partial charge is 0.467 e. The van der Waals surface area contributed by atoms with Crippen molar-refractivity contribution in [2.75, 3.05) is 12.5 Å². The maximum absolute atomic E-state index is 13.5. The minimum atomic E-state index is -0.564. The molecule has 3 rings (SSSR count). The van der Waals surface area contributed by atoms with Crippen molar-refractivity contribution in [3.63, 3.8) is 0 Å². The zero-order chi connectivity index (χ0) is 18.5. The van der Waals surface area contributed by atoms with Crippen molar-refractivity contribution in [2.45, 2.75) is 18.1 Å². The zero-order valence-electron chi connectivity index (χ0n) is 13.5. The van der Waals surface area contributed by atoms with E-state index >= 15 is 0 Å². The van der Waals surface area contributed by atoms with E-state index in [2.05, 4.69) is 0 Å². The first-order valence-electron chi connectivity index (χ1n) is 7.58. The van der Waals surface area contributed by atoms with Gasteiger partial charge in [0, 0.05) is 28.2 Å². The van der Waals surface area contributed by atoms with Gasteiger partial charge in [-0.05, 0) is 12.1 Å². The molecule has 0 fully saturated rings. The van der Waals surface area contributed by atoms with Gasteiger partial charge < -0.3 is 14.2 Å². The van der Waals surface area contributed by atoms with Crippen LogP contribution in [0.3, 0.4) is 0 Å². The number of benzene rings is 2. The molecule has 0 N–H and O–H groups in total. The predicted octanol–water partition coefficient (Wildman–Crippen LogP) is 3.44. The van der Waals surface area contributed by atoms with Crippen LogP contribution >= 0.6 is 11.8 Å². The van der Waals surface area contributed by atoms with E-state index in [0.717, 1.165) is 11.8 Å². The molecule has 7 nitrogen and oxygen atoms in total. The van der Waals surface area contributed by atoms with Gasteiger partial charge in [-0.2, -0.15) is 0 Å². The van der Waals surface area contributed by atoms with Crippen LogP contribution in [0.25, 0.3) is 0 Å². The van der Waals surface area contributed by atoms with Gasteiger partial charge in [-0.25, -0.2) is 4.39 Å². The van der Waals surface area contributed by atoms with E-state index in [1.54, 1.807) is 18.2 Å². The maximum atomic E-state index is 13.5. The molecule has 9 heteroatoms. The number of nitrogens with zero attached hydrogens (tertiary/aromatic N) is 1. The topological polar surface area (TPSA) is 87.9 Å². The molecule has 0 saturated heterocycles. The standard InChI is InChI=1S/C17H14FNO6S/c18-14-3-1-2-4-15(14)26-9-16(20)24-8-12-6-13(19(21)22)5-11-7-23-10-25-17(11)12/h1-6H,7-10H2. The highest BCUT2D eigenvalue weighted by atomic mass is 32.2. The molecule has 1 aliphatic heterocycles. The molecule has 26 heavy (non-hydrogen) atoms. The summed E-state index contributed by atoms with van der Waals surface area (Å²) in [6.07, 6.45) is 0. The molecule has 1 aliphatic rings. The lowest BCUT2D eigenvalue weighted by Crippen LogP contribution is -2.15. The number of hydrogen-bond donors (Lipinski definition) is 0. The summed E-state index contributed by atoms with van der Waals surface area (Å²) in [6.45, 7) is 0.0245. The molecule has 2 aromatic carbocycles. The van der Waals surface area contributed by atoms with Crippen molar-refractivity contribution in [1.82, 2.24) is 0 Å².